The molecule has 2 aromatic rings. The first-order valence-electron chi connectivity index (χ1n) is 8.68. The molecule has 2 saturated carbocycles. The number of nitrogens with one attached hydrogen (secondary N) is 2. The van der Waals surface area contributed by atoms with Gasteiger partial charge in [-0.2, -0.15) is 0 Å². The maximum Gasteiger partial charge on any atom is 0.229 e. The van der Waals surface area contributed by atoms with Gasteiger partial charge in [0.1, 0.15) is 11.5 Å². The minimum atomic E-state index is -0.0998. The van der Waals surface area contributed by atoms with Gasteiger partial charge in [-0.3, -0.25) is 9.59 Å². The minimum Gasteiger partial charge on any atom is -0.458 e. The van der Waals surface area contributed by atoms with E-state index < -0.39 is 0 Å². The molecule has 2 N–H and O–H groups in total. The Labute approximate surface area is 150 Å². The van der Waals surface area contributed by atoms with Crippen molar-refractivity contribution in [3.8, 4) is 11.5 Å². The lowest BCUT2D eigenvalue weighted by atomic mass is 9.88. The number of carbonyl (C=O) groups is 2. The average molecular weight is 359 g/mol. The quantitative estimate of drug-likeness (QED) is 0.857. The van der Waals surface area contributed by atoms with Crippen LogP contribution < -0.4 is 10.6 Å². The fourth-order valence-electron chi connectivity index (χ4n) is 4.03. The summed E-state index contributed by atoms with van der Waals surface area (Å²) in [5, 5.41) is 8.16. The topological polar surface area (TPSA) is 84.2 Å². The van der Waals surface area contributed by atoms with Gasteiger partial charge >= 0.3 is 0 Å². The van der Waals surface area contributed by atoms with Crippen molar-refractivity contribution in [2.24, 2.45) is 17.8 Å². The summed E-state index contributed by atoms with van der Waals surface area (Å²) < 4.78 is 5.70. The van der Waals surface area contributed by atoms with Gasteiger partial charge in [-0.05, 0) is 43.2 Å². The Morgan fingerprint density at radius 1 is 1.32 bits per heavy atom. The van der Waals surface area contributed by atoms with E-state index >= 15 is 0 Å². The number of furan rings is 1. The Balaban J connectivity index is 1.38. The minimum absolute atomic E-state index is 0.0998. The summed E-state index contributed by atoms with van der Waals surface area (Å²) in [5.74, 6) is 2.78. The highest BCUT2D eigenvalue weighted by Gasteiger charge is 2.43. The van der Waals surface area contributed by atoms with Crippen LogP contribution in [-0.4, -0.2) is 16.8 Å². The van der Waals surface area contributed by atoms with E-state index in [0.29, 0.717) is 34.8 Å². The number of amides is 2. The molecule has 0 radical (unpaired) electrons. The van der Waals surface area contributed by atoms with Crippen molar-refractivity contribution in [3.05, 3.63) is 23.3 Å². The van der Waals surface area contributed by atoms with E-state index in [4.69, 9.17) is 4.42 Å². The average Bonchev–Trinajstić information content (AvgIpc) is 3.35. The molecule has 2 amide bonds. The summed E-state index contributed by atoms with van der Waals surface area (Å²) in [5.41, 5.74) is 0.697. The summed E-state index contributed by atoms with van der Waals surface area (Å²) >= 11 is 1.41. The number of hydrogen-bond donors (Lipinski definition) is 2. The molecule has 3 atom stereocenters. The molecular formula is C18H21N3O3S. The molecule has 2 aliphatic rings. The number of hydrogen-bond acceptors (Lipinski definition) is 5. The van der Waals surface area contributed by atoms with Crippen molar-refractivity contribution >= 4 is 28.3 Å². The van der Waals surface area contributed by atoms with Gasteiger partial charge in [0.05, 0.1) is 6.54 Å². The molecule has 0 aromatic carbocycles. The van der Waals surface area contributed by atoms with Crippen molar-refractivity contribution < 1.29 is 14.0 Å². The maximum absolute atomic E-state index is 12.5. The summed E-state index contributed by atoms with van der Waals surface area (Å²) in [4.78, 5) is 27.9. The van der Waals surface area contributed by atoms with E-state index in [1.54, 1.807) is 0 Å². The highest BCUT2D eigenvalue weighted by molar-refractivity contribution is 7.14. The van der Waals surface area contributed by atoms with Crippen LogP contribution in [0.25, 0.3) is 11.5 Å². The first-order valence-corrected chi connectivity index (χ1v) is 9.56. The molecule has 2 aromatic heterocycles. The van der Waals surface area contributed by atoms with E-state index in [9.17, 15) is 9.59 Å². The Hall–Kier alpha value is -2.15. The van der Waals surface area contributed by atoms with E-state index in [2.05, 4.69) is 15.6 Å². The van der Waals surface area contributed by atoms with Crippen LogP contribution in [0.3, 0.4) is 0 Å². The molecule has 2 fully saturated rings. The van der Waals surface area contributed by atoms with E-state index in [-0.39, 0.29) is 17.7 Å². The van der Waals surface area contributed by atoms with Crippen LogP contribution in [-0.2, 0) is 16.1 Å². The zero-order valence-electron chi connectivity index (χ0n) is 14.1. The van der Waals surface area contributed by atoms with Gasteiger partial charge in [0.15, 0.2) is 10.9 Å². The van der Waals surface area contributed by atoms with Gasteiger partial charge in [-0.25, -0.2) is 4.98 Å². The molecule has 2 bridgehead atoms. The third-order valence-electron chi connectivity index (χ3n) is 5.23. The normalized spacial score (nSPS) is 24.4. The van der Waals surface area contributed by atoms with Crippen LogP contribution in [0.15, 0.2) is 21.9 Å². The lowest BCUT2D eigenvalue weighted by molar-refractivity contribution is -0.121. The van der Waals surface area contributed by atoms with Crippen molar-refractivity contribution in [1.29, 1.82) is 0 Å². The number of anilines is 1. The van der Waals surface area contributed by atoms with E-state index in [0.717, 1.165) is 12.3 Å². The molecule has 2 heterocycles. The second kappa shape index (κ2) is 6.63. The summed E-state index contributed by atoms with van der Waals surface area (Å²) in [7, 11) is 0. The number of nitrogens with zero attached hydrogens (tertiary/aromatic N) is 1. The number of carbonyl (C=O) groups excluding carboxylic acids is 2. The fourth-order valence-corrected chi connectivity index (χ4v) is 4.73. The smallest absolute Gasteiger partial charge is 0.229 e. The van der Waals surface area contributed by atoms with Gasteiger partial charge in [-0.1, -0.05) is 6.42 Å². The van der Waals surface area contributed by atoms with E-state index in [1.807, 2.05) is 17.5 Å². The monoisotopic (exact) mass is 359 g/mol. The molecule has 25 heavy (non-hydrogen) atoms. The third kappa shape index (κ3) is 3.46. The molecule has 132 valence electrons. The molecule has 2 aliphatic carbocycles. The lowest BCUT2D eigenvalue weighted by Crippen LogP contribution is -2.27. The van der Waals surface area contributed by atoms with Crippen LogP contribution >= 0.6 is 11.3 Å². The van der Waals surface area contributed by atoms with Crippen LogP contribution in [0, 0.1) is 17.8 Å². The number of fused-ring (bicyclic) bond motifs is 2. The predicted molar refractivity (Wildman–Crippen MR) is 94.9 cm³/mol. The van der Waals surface area contributed by atoms with Gasteiger partial charge in [0.2, 0.25) is 11.8 Å². The largest absolute Gasteiger partial charge is 0.458 e. The lowest BCUT2D eigenvalue weighted by Gasteiger charge is -2.19. The number of aromatic nitrogens is 1. The molecule has 7 heteroatoms. The third-order valence-corrected chi connectivity index (χ3v) is 5.99. The van der Waals surface area contributed by atoms with Crippen LogP contribution in [0.1, 0.15) is 38.4 Å². The van der Waals surface area contributed by atoms with Crippen molar-refractivity contribution in [2.75, 3.05) is 5.32 Å². The highest BCUT2D eigenvalue weighted by Crippen LogP contribution is 2.48. The highest BCUT2D eigenvalue weighted by atomic mass is 32.1. The molecule has 6 nitrogen and oxygen atoms in total. The van der Waals surface area contributed by atoms with Crippen molar-refractivity contribution in [3.63, 3.8) is 0 Å². The fraction of sp³-hybridized carbons (Fsp3) is 0.500. The van der Waals surface area contributed by atoms with Crippen molar-refractivity contribution in [2.45, 2.75) is 39.2 Å². The predicted octanol–water partition coefficient (Wildman–Crippen LogP) is 3.41. The first kappa shape index (κ1) is 16.3. The number of thiazole rings is 1. The first-order chi connectivity index (χ1) is 12.1. The van der Waals surface area contributed by atoms with Gasteiger partial charge < -0.3 is 15.1 Å². The zero-order valence-corrected chi connectivity index (χ0v) is 14.9. The Bertz CT molecular complexity index is 797. The maximum atomic E-state index is 12.5. The zero-order chi connectivity index (χ0) is 17.4. The molecular weight excluding hydrogens is 338 g/mol. The summed E-state index contributed by atoms with van der Waals surface area (Å²) in [6.07, 6.45) is 4.72. The molecule has 0 saturated heterocycles. The molecule has 0 spiro atoms. The molecule has 0 aliphatic heterocycles. The van der Waals surface area contributed by atoms with Gasteiger partial charge in [0.25, 0.3) is 0 Å². The summed E-state index contributed by atoms with van der Waals surface area (Å²) in [6.45, 7) is 1.82. The Morgan fingerprint density at radius 3 is 2.92 bits per heavy atom. The van der Waals surface area contributed by atoms with Gasteiger partial charge in [-0.15, -0.1) is 11.3 Å². The van der Waals surface area contributed by atoms with E-state index in [1.165, 1.54) is 37.5 Å². The second-order valence-electron chi connectivity index (χ2n) is 6.98. The number of rotatable bonds is 5. The van der Waals surface area contributed by atoms with Crippen molar-refractivity contribution in [1.82, 2.24) is 10.3 Å². The van der Waals surface area contributed by atoms with Crippen LogP contribution in [0.2, 0.25) is 0 Å². The Morgan fingerprint density at radius 2 is 2.20 bits per heavy atom. The molecule has 4 rings (SSSR count). The van der Waals surface area contributed by atoms with Crippen LogP contribution in [0.5, 0.6) is 0 Å². The van der Waals surface area contributed by atoms with Crippen LogP contribution in [0.4, 0.5) is 5.13 Å². The second-order valence-corrected chi connectivity index (χ2v) is 7.84. The SMILES string of the molecule is CC(=O)NCc1ccc(-c2csc(NC(=O)[C@@H]3C[C@H]4CC[C@H]3C4)n2)o1. The van der Waals surface area contributed by atoms with Gasteiger partial charge in [0, 0.05) is 18.2 Å². The summed E-state index contributed by atoms with van der Waals surface area (Å²) in [6, 6.07) is 3.64. The standard InChI is InChI=1S/C18H21N3O3S/c1-10(22)19-8-13-4-5-16(24-13)15-9-25-18(20-15)21-17(23)14-7-11-2-3-12(14)6-11/h4-5,9,11-12,14H,2-3,6-8H2,1H3,(H,19,22)(H,20,21,23)/t11-,12-,14+/m0/s1. The Kier molecular flexibility index (Phi) is 4.33. The molecule has 0 unspecified atom stereocenters.